The third-order valence-corrected chi connectivity index (χ3v) is 7.41. The predicted octanol–water partition coefficient (Wildman–Crippen LogP) is 4.42. The van der Waals surface area contributed by atoms with Crippen molar-refractivity contribution in [2.24, 2.45) is 0 Å². The summed E-state index contributed by atoms with van der Waals surface area (Å²) >= 11 is 3.27. The summed E-state index contributed by atoms with van der Waals surface area (Å²) in [5.41, 5.74) is 3.26. The molecule has 2 aliphatic rings. The smallest absolute Gasteiger partial charge is 0.264 e. The van der Waals surface area contributed by atoms with Gasteiger partial charge in [-0.25, -0.2) is 4.98 Å². The maximum atomic E-state index is 13.2. The predicted molar refractivity (Wildman–Crippen MR) is 114 cm³/mol. The first-order valence-corrected chi connectivity index (χ1v) is 11.2. The summed E-state index contributed by atoms with van der Waals surface area (Å²) in [5.74, 6) is 1.04. The summed E-state index contributed by atoms with van der Waals surface area (Å²) < 4.78 is 5.84. The third kappa shape index (κ3) is 3.18. The zero-order chi connectivity index (χ0) is 19.1. The average Bonchev–Trinajstić information content (AvgIpc) is 3.27. The van der Waals surface area contributed by atoms with Crippen LogP contribution in [0.2, 0.25) is 0 Å². The highest BCUT2D eigenvalue weighted by molar-refractivity contribution is 7.17. The number of carbonyl (C=O) groups excluding carboxylic acids is 1. The maximum Gasteiger partial charge on any atom is 0.264 e. The van der Waals surface area contributed by atoms with Gasteiger partial charge in [0.05, 0.1) is 10.6 Å². The molecule has 0 atom stereocenters. The Kier molecular flexibility index (Phi) is 4.56. The molecule has 0 radical (unpaired) electrons. The number of benzene rings is 1. The minimum atomic E-state index is 0.133. The fraction of sp³-hybridized carbons (Fsp3) is 0.333. The molecule has 1 amide bonds. The van der Waals surface area contributed by atoms with E-state index < -0.39 is 0 Å². The van der Waals surface area contributed by atoms with E-state index in [9.17, 15) is 4.79 Å². The van der Waals surface area contributed by atoms with Crippen molar-refractivity contribution in [3.8, 4) is 16.2 Å². The first-order valence-electron chi connectivity index (χ1n) is 9.50. The first kappa shape index (κ1) is 17.7. The van der Waals surface area contributed by atoms with E-state index in [1.165, 1.54) is 4.88 Å². The number of aromatic nitrogens is 1. The Morgan fingerprint density at radius 3 is 2.93 bits per heavy atom. The van der Waals surface area contributed by atoms with Gasteiger partial charge in [0.15, 0.2) is 5.13 Å². The number of hydrogen-bond acceptors (Lipinski definition) is 6. The lowest BCUT2D eigenvalue weighted by atomic mass is 10.1. The van der Waals surface area contributed by atoms with Crippen LogP contribution in [-0.4, -0.2) is 42.0 Å². The summed E-state index contributed by atoms with van der Waals surface area (Å²) in [4.78, 5) is 24.1. The van der Waals surface area contributed by atoms with E-state index in [0.29, 0.717) is 6.61 Å². The number of carbonyl (C=O) groups is 1. The van der Waals surface area contributed by atoms with Gasteiger partial charge in [-0.2, -0.15) is 0 Å². The van der Waals surface area contributed by atoms with Crippen LogP contribution in [0.4, 0.5) is 5.13 Å². The molecule has 1 saturated heterocycles. The molecule has 2 aliphatic heterocycles. The molecule has 144 valence electrons. The summed E-state index contributed by atoms with van der Waals surface area (Å²) in [6.45, 7) is 5.85. The molecule has 7 heteroatoms. The Morgan fingerprint density at radius 2 is 2.07 bits per heavy atom. The lowest BCUT2D eigenvalue weighted by Crippen LogP contribution is -2.34. The maximum absolute atomic E-state index is 13.2. The molecule has 0 saturated carbocycles. The van der Waals surface area contributed by atoms with Crippen LogP contribution in [0, 0.1) is 6.92 Å². The Morgan fingerprint density at radius 1 is 1.18 bits per heavy atom. The summed E-state index contributed by atoms with van der Waals surface area (Å²) in [6.07, 6.45) is 0.960. The highest BCUT2D eigenvalue weighted by Gasteiger charge is 2.26. The van der Waals surface area contributed by atoms with Crippen LogP contribution in [0.1, 0.15) is 27.3 Å². The second-order valence-corrected chi connectivity index (χ2v) is 9.04. The number of aryl methyl sites for hydroxylation is 1. The average molecular weight is 412 g/mol. The van der Waals surface area contributed by atoms with Gasteiger partial charge in [0.2, 0.25) is 0 Å². The van der Waals surface area contributed by atoms with Gasteiger partial charge in [0.25, 0.3) is 5.91 Å². The fourth-order valence-electron chi connectivity index (χ4n) is 3.76. The van der Waals surface area contributed by atoms with Crippen LogP contribution >= 0.6 is 22.7 Å². The quantitative estimate of drug-likeness (QED) is 0.626. The lowest BCUT2D eigenvalue weighted by molar-refractivity contribution is 0.0771. The van der Waals surface area contributed by atoms with Crippen molar-refractivity contribution in [1.82, 2.24) is 9.88 Å². The number of thiazole rings is 1. The molecule has 2 aromatic heterocycles. The molecule has 5 nitrogen and oxygen atoms in total. The van der Waals surface area contributed by atoms with Crippen LogP contribution < -0.4 is 9.64 Å². The summed E-state index contributed by atoms with van der Waals surface area (Å²) in [7, 11) is 0. The molecule has 0 unspecified atom stereocenters. The van der Waals surface area contributed by atoms with Gasteiger partial charge in [-0.15, -0.1) is 22.7 Å². The lowest BCUT2D eigenvalue weighted by Gasteiger charge is -2.21. The first-order chi connectivity index (χ1) is 13.7. The Hall–Kier alpha value is -2.38. The fourth-order valence-corrected chi connectivity index (χ4v) is 5.78. The normalized spacial score (nSPS) is 16.2. The van der Waals surface area contributed by atoms with Crippen LogP contribution in [-0.2, 0) is 6.61 Å². The molecule has 0 bridgehead atoms. The van der Waals surface area contributed by atoms with E-state index in [1.807, 2.05) is 36.1 Å². The number of rotatable bonds is 2. The van der Waals surface area contributed by atoms with Gasteiger partial charge in [0.1, 0.15) is 12.4 Å². The van der Waals surface area contributed by atoms with E-state index in [1.54, 1.807) is 22.7 Å². The van der Waals surface area contributed by atoms with Crippen LogP contribution in [0.25, 0.3) is 10.4 Å². The Labute approximate surface area is 172 Å². The standard InChI is InChI=1S/C21H21N3O2S2/c1-14-13-27-21(22-14)24-8-4-7-23(9-10-24)20(25)18-11-15-12-26-17-6-3-2-5-16(17)19(15)28-18/h2-3,5-6,11,13H,4,7-10,12H2,1H3. The summed E-state index contributed by atoms with van der Waals surface area (Å²) in [5, 5.41) is 3.14. The number of nitrogens with zero attached hydrogens (tertiary/aromatic N) is 3. The Balaban J connectivity index is 1.34. The van der Waals surface area contributed by atoms with Crippen molar-refractivity contribution >= 4 is 33.7 Å². The zero-order valence-corrected chi connectivity index (χ0v) is 17.3. The van der Waals surface area contributed by atoms with Crippen molar-refractivity contribution in [1.29, 1.82) is 0 Å². The van der Waals surface area contributed by atoms with Crippen molar-refractivity contribution in [2.75, 3.05) is 31.1 Å². The number of para-hydroxylation sites is 1. The third-order valence-electron chi connectivity index (χ3n) is 5.20. The minimum absolute atomic E-state index is 0.133. The van der Waals surface area contributed by atoms with E-state index in [4.69, 9.17) is 4.74 Å². The van der Waals surface area contributed by atoms with Gasteiger partial charge < -0.3 is 14.5 Å². The number of hydrogen-bond donors (Lipinski definition) is 0. The van der Waals surface area contributed by atoms with E-state index in [-0.39, 0.29) is 5.91 Å². The van der Waals surface area contributed by atoms with E-state index in [2.05, 4.69) is 21.3 Å². The topological polar surface area (TPSA) is 45.7 Å². The molecule has 3 aromatic rings. The van der Waals surface area contributed by atoms with Crippen molar-refractivity contribution in [3.05, 3.63) is 51.8 Å². The molecular formula is C21H21N3O2S2. The summed E-state index contributed by atoms with van der Waals surface area (Å²) in [6, 6.07) is 10.1. The van der Waals surface area contributed by atoms with Gasteiger partial charge in [-0.1, -0.05) is 12.1 Å². The molecule has 4 heterocycles. The monoisotopic (exact) mass is 411 g/mol. The van der Waals surface area contributed by atoms with E-state index in [0.717, 1.165) is 65.2 Å². The molecule has 28 heavy (non-hydrogen) atoms. The van der Waals surface area contributed by atoms with Crippen molar-refractivity contribution in [3.63, 3.8) is 0 Å². The second kappa shape index (κ2) is 7.22. The van der Waals surface area contributed by atoms with Crippen LogP contribution in [0.3, 0.4) is 0 Å². The SMILES string of the molecule is Cc1csc(N2CCCN(C(=O)c3cc4c(s3)-c3ccccc3OC4)CC2)n1. The molecular weight excluding hydrogens is 390 g/mol. The highest BCUT2D eigenvalue weighted by atomic mass is 32.1. The van der Waals surface area contributed by atoms with Gasteiger partial charge in [0, 0.05) is 47.6 Å². The molecule has 0 spiro atoms. The van der Waals surface area contributed by atoms with Crippen molar-refractivity contribution in [2.45, 2.75) is 20.0 Å². The zero-order valence-electron chi connectivity index (χ0n) is 15.7. The van der Waals surface area contributed by atoms with Gasteiger partial charge >= 0.3 is 0 Å². The van der Waals surface area contributed by atoms with Gasteiger partial charge in [-0.05, 0) is 31.5 Å². The van der Waals surface area contributed by atoms with Gasteiger partial charge in [-0.3, -0.25) is 4.79 Å². The van der Waals surface area contributed by atoms with Crippen LogP contribution in [0.15, 0.2) is 35.7 Å². The molecule has 1 aromatic carbocycles. The second-order valence-electron chi connectivity index (χ2n) is 7.15. The number of amides is 1. The number of fused-ring (bicyclic) bond motifs is 3. The van der Waals surface area contributed by atoms with E-state index >= 15 is 0 Å². The highest BCUT2D eigenvalue weighted by Crippen LogP contribution is 2.42. The van der Waals surface area contributed by atoms with Crippen molar-refractivity contribution < 1.29 is 9.53 Å². The molecule has 5 rings (SSSR count). The van der Waals surface area contributed by atoms with Crippen LogP contribution in [0.5, 0.6) is 5.75 Å². The Bertz CT molecular complexity index is 1030. The molecule has 1 fully saturated rings. The molecule has 0 aliphatic carbocycles. The number of anilines is 1. The number of ether oxygens (including phenoxy) is 1. The number of thiophene rings is 1. The minimum Gasteiger partial charge on any atom is -0.488 e. The molecule has 0 N–H and O–H groups in total. The largest absolute Gasteiger partial charge is 0.488 e.